The largest absolute Gasteiger partial charge is 0.508 e. The van der Waals surface area contributed by atoms with E-state index in [1.54, 1.807) is 27.7 Å². The molecule has 20 heteroatoms. The summed E-state index contributed by atoms with van der Waals surface area (Å²) in [6.07, 6.45) is -0.245. The monoisotopic (exact) mass is 819 g/mol. The highest BCUT2D eigenvalue weighted by atomic mass is 16.4. The van der Waals surface area contributed by atoms with Gasteiger partial charge in [-0.1, -0.05) is 53.7 Å². The molecule has 0 fully saturated rings. The molecule has 0 aliphatic heterocycles. The molecule has 0 saturated heterocycles. The smallest absolute Gasteiger partial charge is 0.322 e. The van der Waals surface area contributed by atoms with Crippen molar-refractivity contribution in [2.45, 2.75) is 117 Å². The van der Waals surface area contributed by atoms with E-state index in [9.17, 15) is 48.3 Å². The van der Waals surface area contributed by atoms with Crippen LogP contribution in [0, 0.1) is 17.8 Å². The summed E-state index contributed by atoms with van der Waals surface area (Å²) >= 11 is 0. The number of carbonyl (C=O) groups excluding carboxylic acids is 8. The number of phenolic OH excluding ortho intramolecular Hbond substituents is 1. The van der Waals surface area contributed by atoms with Gasteiger partial charge in [0.25, 0.3) is 0 Å². The minimum absolute atomic E-state index is 0.0542. The van der Waals surface area contributed by atoms with Crippen LogP contribution in [-0.4, -0.2) is 113 Å². The van der Waals surface area contributed by atoms with Gasteiger partial charge in [-0.2, -0.15) is 0 Å². The first-order chi connectivity index (χ1) is 27.0. The van der Waals surface area contributed by atoms with Gasteiger partial charge < -0.3 is 58.9 Å². The predicted molar refractivity (Wildman–Crippen MR) is 211 cm³/mol. The Morgan fingerprint density at radius 3 is 1.71 bits per heavy atom. The number of aliphatic carboxylic acids is 1. The van der Waals surface area contributed by atoms with Crippen LogP contribution in [0.15, 0.2) is 24.3 Å². The Kier molecular flexibility index (Phi) is 21.4. The first kappa shape index (κ1) is 50.2. The highest BCUT2D eigenvalue weighted by Crippen LogP contribution is 2.13. The first-order valence-electron chi connectivity index (χ1n) is 19.1. The SMILES string of the molecule is CC(C)C[C@H](NC(=O)[C@H](Cc1ccc(O)cc1)NC(=O)CNC(=O)[C@H](C)NC(=O)[C@@H](NC(=O)[C@@H](N)CC(C)C)C(C)C)C(=O)N[C@@H](CCC(N)=O)C(=O)NCC(=O)O. The molecule has 0 radical (unpaired) electrons. The number of carboxylic acid groups (broad SMARTS) is 1. The summed E-state index contributed by atoms with van der Waals surface area (Å²) in [5.74, 6) is -7.84. The quantitative estimate of drug-likeness (QED) is 0.0512. The van der Waals surface area contributed by atoms with Crippen molar-refractivity contribution >= 4 is 53.2 Å². The average Bonchev–Trinajstić information content (AvgIpc) is 3.12. The number of aromatic hydroxyl groups is 1. The summed E-state index contributed by atoms with van der Waals surface area (Å²) in [6.45, 7) is 10.8. The van der Waals surface area contributed by atoms with Crippen LogP contribution in [0.25, 0.3) is 0 Å². The van der Waals surface area contributed by atoms with Gasteiger partial charge >= 0.3 is 5.97 Å². The second kappa shape index (κ2) is 24.8. The van der Waals surface area contributed by atoms with E-state index in [0.717, 1.165) is 0 Å². The molecule has 1 rings (SSSR count). The Hall–Kier alpha value is -5.79. The lowest BCUT2D eigenvalue weighted by Crippen LogP contribution is -2.58. The molecule has 0 heterocycles. The molecule has 8 amide bonds. The summed E-state index contributed by atoms with van der Waals surface area (Å²) < 4.78 is 0. The van der Waals surface area contributed by atoms with Gasteiger partial charge in [0.05, 0.1) is 12.6 Å². The second-order valence-corrected chi connectivity index (χ2v) is 15.3. The third kappa shape index (κ3) is 19.4. The lowest BCUT2D eigenvalue weighted by Gasteiger charge is -2.26. The van der Waals surface area contributed by atoms with Crippen LogP contribution in [0.3, 0.4) is 0 Å². The molecule has 324 valence electrons. The third-order valence-corrected chi connectivity index (χ3v) is 8.58. The van der Waals surface area contributed by atoms with Gasteiger partial charge in [-0.05, 0) is 61.6 Å². The van der Waals surface area contributed by atoms with Crippen molar-refractivity contribution in [3.05, 3.63) is 29.8 Å². The van der Waals surface area contributed by atoms with Crippen LogP contribution in [0.4, 0.5) is 0 Å². The molecule has 0 saturated carbocycles. The van der Waals surface area contributed by atoms with Crippen molar-refractivity contribution in [1.82, 2.24) is 37.2 Å². The van der Waals surface area contributed by atoms with Crippen molar-refractivity contribution in [1.29, 1.82) is 0 Å². The number of benzene rings is 1. The maximum Gasteiger partial charge on any atom is 0.322 e. The molecule has 58 heavy (non-hydrogen) atoms. The molecular formula is C38H61N9O11. The third-order valence-electron chi connectivity index (χ3n) is 8.58. The van der Waals surface area contributed by atoms with E-state index >= 15 is 0 Å². The van der Waals surface area contributed by atoms with Gasteiger partial charge in [0.2, 0.25) is 47.3 Å². The highest BCUT2D eigenvalue weighted by Gasteiger charge is 2.32. The van der Waals surface area contributed by atoms with Gasteiger partial charge in [-0.3, -0.25) is 43.2 Å². The Morgan fingerprint density at radius 2 is 1.17 bits per heavy atom. The molecule has 0 spiro atoms. The summed E-state index contributed by atoms with van der Waals surface area (Å²) in [5.41, 5.74) is 11.7. The van der Waals surface area contributed by atoms with E-state index < -0.39 is 103 Å². The zero-order valence-electron chi connectivity index (χ0n) is 34.2. The van der Waals surface area contributed by atoms with Crippen molar-refractivity contribution in [3.63, 3.8) is 0 Å². The second-order valence-electron chi connectivity index (χ2n) is 15.3. The first-order valence-corrected chi connectivity index (χ1v) is 19.1. The summed E-state index contributed by atoms with van der Waals surface area (Å²) in [5, 5.41) is 36.0. The number of carboxylic acids is 1. The van der Waals surface area contributed by atoms with E-state index in [2.05, 4.69) is 37.2 Å². The van der Waals surface area contributed by atoms with Crippen molar-refractivity contribution in [3.8, 4) is 5.75 Å². The van der Waals surface area contributed by atoms with Crippen molar-refractivity contribution in [2.75, 3.05) is 13.1 Å². The van der Waals surface area contributed by atoms with Gasteiger partial charge in [0, 0.05) is 12.8 Å². The molecule has 0 aliphatic carbocycles. The lowest BCUT2D eigenvalue weighted by molar-refractivity contribution is -0.139. The van der Waals surface area contributed by atoms with E-state index in [4.69, 9.17) is 16.6 Å². The molecule has 0 bridgehead atoms. The zero-order valence-corrected chi connectivity index (χ0v) is 34.2. The van der Waals surface area contributed by atoms with Gasteiger partial charge in [-0.25, -0.2) is 0 Å². The van der Waals surface area contributed by atoms with Crippen molar-refractivity contribution in [2.24, 2.45) is 29.2 Å². The molecule has 20 nitrogen and oxygen atoms in total. The van der Waals surface area contributed by atoms with Crippen LogP contribution >= 0.6 is 0 Å². The minimum Gasteiger partial charge on any atom is -0.508 e. The van der Waals surface area contributed by atoms with Gasteiger partial charge in [0.15, 0.2) is 0 Å². The number of amides is 8. The Bertz CT molecular complexity index is 1600. The molecule has 6 atom stereocenters. The fraction of sp³-hybridized carbons (Fsp3) is 0.605. The highest BCUT2D eigenvalue weighted by molar-refractivity contribution is 5.96. The lowest BCUT2D eigenvalue weighted by atomic mass is 10.00. The number of rotatable bonds is 25. The van der Waals surface area contributed by atoms with E-state index in [-0.39, 0.29) is 49.2 Å². The molecular weight excluding hydrogens is 758 g/mol. The number of nitrogens with one attached hydrogen (secondary N) is 7. The Labute approximate surface area is 338 Å². The predicted octanol–water partition coefficient (Wildman–Crippen LogP) is -1.96. The van der Waals surface area contributed by atoms with E-state index in [1.807, 2.05) is 13.8 Å². The molecule has 0 aliphatic rings. The maximum atomic E-state index is 13.8. The normalized spacial score (nSPS) is 14.2. The van der Waals surface area contributed by atoms with Crippen LogP contribution in [0.5, 0.6) is 5.75 Å². The molecule has 0 aromatic heterocycles. The zero-order chi connectivity index (χ0) is 44.3. The number of primary amides is 1. The fourth-order valence-corrected chi connectivity index (χ4v) is 5.51. The number of carbonyl (C=O) groups is 9. The fourth-order valence-electron chi connectivity index (χ4n) is 5.51. The topological polar surface area (TPSA) is 330 Å². The molecule has 1 aromatic carbocycles. The summed E-state index contributed by atoms with van der Waals surface area (Å²) in [7, 11) is 0. The van der Waals surface area contributed by atoms with E-state index in [0.29, 0.717) is 12.0 Å². The minimum atomic E-state index is -1.38. The van der Waals surface area contributed by atoms with Crippen LogP contribution in [0.2, 0.25) is 0 Å². The average molecular weight is 820 g/mol. The number of phenols is 1. The van der Waals surface area contributed by atoms with E-state index in [1.165, 1.54) is 31.2 Å². The number of hydrogen-bond acceptors (Lipinski definition) is 11. The summed E-state index contributed by atoms with van der Waals surface area (Å²) in [4.78, 5) is 114. The Balaban J connectivity index is 3.13. The van der Waals surface area contributed by atoms with Gasteiger partial charge in [-0.15, -0.1) is 0 Å². The standard InChI is InChI=1S/C38H61N9O11/c1-19(2)14-25(39)34(54)47-32(21(5)6)38(58)43-22(7)33(53)41-17-30(50)44-28(16-23-8-10-24(48)11-9-23)37(57)46-27(15-20(3)4)36(56)45-26(12-13-29(40)49)35(55)42-18-31(51)52/h8-11,19-22,25-28,32,48H,12-18,39H2,1-7H3,(H2,40,49)(H,41,53)(H,42,55)(H,43,58)(H,44,50)(H,45,56)(H,46,57)(H,47,54)(H,51,52)/t22-,25-,26-,27-,28-,32-/m0/s1. The van der Waals surface area contributed by atoms with Gasteiger partial charge in [0.1, 0.15) is 42.5 Å². The maximum absolute atomic E-state index is 13.8. The summed E-state index contributed by atoms with van der Waals surface area (Å²) in [6, 6.07) is -1.21. The van der Waals surface area contributed by atoms with Crippen molar-refractivity contribution < 1.29 is 53.4 Å². The van der Waals surface area contributed by atoms with Crippen LogP contribution in [-0.2, 0) is 49.6 Å². The molecule has 1 aromatic rings. The van der Waals surface area contributed by atoms with Crippen LogP contribution < -0.4 is 48.7 Å². The number of hydrogen-bond donors (Lipinski definition) is 11. The molecule has 13 N–H and O–H groups in total. The van der Waals surface area contributed by atoms with Crippen LogP contribution in [0.1, 0.15) is 79.7 Å². The Morgan fingerprint density at radius 1 is 0.621 bits per heavy atom. The number of nitrogens with two attached hydrogens (primary N) is 2. The molecule has 0 unspecified atom stereocenters.